The molecule has 0 nitrogen and oxygen atoms in total. The van der Waals surface area contributed by atoms with Crippen molar-refractivity contribution >= 4 is 16.3 Å². The Kier molecular flexibility index (Phi) is 2.67. The summed E-state index contributed by atoms with van der Waals surface area (Å²) < 4.78 is 0. The Bertz CT molecular complexity index is 809. The van der Waals surface area contributed by atoms with Crippen LogP contribution in [-0.2, 0) is 12.8 Å². The molecule has 0 spiro atoms. The molecule has 0 saturated heterocycles. The quantitative estimate of drug-likeness (QED) is 0.573. The minimum absolute atomic E-state index is 1.05. The first-order chi connectivity index (χ1) is 9.90. The number of allylic oxidation sites excluding steroid dienone is 2. The van der Waals surface area contributed by atoms with Gasteiger partial charge in [0.15, 0.2) is 0 Å². The third-order valence-electron chi connectivity index (χ3n) is 4.19. The van der Waals surface area contributed by atoms with Gasteiger partial charge in [-0.2, -0.15) is 0 Å². The third-order valence-corrected chi connectivity index (χ3v) is 4.19. The van der Waals surface area contributed by atoms with Gasteiger partial charge >= 0.3 is 0 Å². The largest absolute Gasteiger partial charge is 0.0760 e. The van der Waals surface area contributed by atoms with Crippen LogP contribution in [0.1, 0.15) is 16.7 Å². The summed E-state index contributed by atoms with van der Waals surface area (Å²) in [6.07, 6.45) is 4.49. The summed E-state index contributed by atoms with van der Waals surface area (Å²) in [6.45, 7) is 0. The molecule has 3 aromatic carbocycles. The monoisotopic (exact) mass is 256 g/mol. The van der Waals surface area contributed by atoms with E-state index in [0.29, 0.717) is 0 Å². The van der Waals surface area contributed by atoms with Crippen molar-refractivity contribution in [3.05, 3.63) is 89.5 Å². The molecule has 0 heteroatoms. The summed E-state index contributed by atoms with van der Waals surface area (Å²) >= 11 is 0. The Morgan fingerprint density at radius 2 is 1.40 bits per heavy atom. The summed E-state index contributed by atoms with van der Waals surface area (Å²) in [5, 5.41) is 2.64. The Hall–Kier alpha value is -2.34. The van der Waals surface area contributed by atoms with E-state index in [1.165, 1.54) is 33.0 Å². The maximum Gasteiger partial charge on any atom is -0.00200 e. The minimum atomic E-state index is 1.05. The molecule has 1 aliphatic carbocycles. The number of fused-ring (bicyclic) bond motifs is 2. The van der Waals surface area contributed by atoms with Crippen LogP contribution in [0.2, 0.25) is 0 Å². The van der Waals surface area contributed by atoms with Crippen LogP contribution in [0.15, 0.2) is 72.8 Å². The highest BCUT2D eigenvalue weighted by molar-refractivity contribution is 5.86. The first-order valence-corrected chi connectivity index (χ1v) is 7.15. The van der Waals surface area contributed by atoms with E-state index in [1.54, 1.807) is 0 Å². The van der Waals surface area contributed by atoms with E-state index in [-0.39, 0.29) is 0 Å². The average Bonchev–Trinajstić information content (AvgIpc) is 2.54. The van der Waals surface area contributed by atoms with Gasteiger partial charge in [-0.1, -0.05) is 66.7 Å². The zero-order valence-corrected chi connectivity index (χ0v) is 11.3. The van der Waals surface area contributed by atoms with Crippen molar-refractivity contribution in [2.45, 2.75) is 12.8 Å². The maximum absolute atomic E-state index is 2.38. The summed E-state index contributed by atoms with van der Waals surface area (Å²) in [5.41, 5.74) is 5.75. The second-order valence-electron chi connectivity index (χ2n) is 5.44. The van der Waals surface area contributed by atoms with E-state index in [4.69, 9.17) is 0 Å². The molecule has 4 rings (SSSR count). The van der Waals surface area contributed by atoms with Crippen molar-refractivity contribution in [3.8, 4) is 0 Å². The van der Waals surface area contributed by atoms with Gasteiger partial charge < -0.3 is 0 Å². The van der Waals surface area contributed by atoms with E-state index in [1.807, 2.05) is 0 Å². The predicted octanol–water partition coefficient (Wildman–Crippen LogP) is 5.02. The Labute approximate surface area is 119 Å². The molecule has 0 amide bonds. The minimum Gasteiger partial charge on any atom is -0.0760 e. The predicted molar refractivity (Wildman–Crippen MR) is 85.8 cm³/mol. The molecule has 0 bridgehead atoms. The third kappa shape index (κ3) is 1.94. The van der Waals surface area contributed by atoms with Crippen LogP contribution in [0.4, 0.5) is 0 Å². The molecule has 3 aromatic rings. The second-order valence-corrected chi connectivity index (χ2v) is 5.44. The van der Waals surface area contributed by atoms with E-state index >= 15 is 0 Å². The molecular formula is C20H16. The van der Waals surface area contributed by atoms with Gasteiger partial charge in [0.25, 0.3) is 0 Å². The number of rotatable bonds is 1. The molecule has 0 aromatic heterocycles. The topological polar surface area (TPSA) is 0 Å². The number of hydrogen-bond donors (Lipinski definition) is 0. The Balaban J connectivity index is 1.75. The second kappa shape index (κ2) is 4.64. The van der Waals surface area contributed by atoms with Crippen LogP contribution < -0.4 is 0 Å². The molecule has 0 aliphatic heterocycles. The maximum atomic E-state index is 2.38. The van der Waals surface area contributed by atoms with Crippen molar-refractivity contribution in [2.24, 2.45) is 0 Å². The summed E-state index contributed by atoms with van der Waals surface area (Å²) in [6, 6.07) is 24.1. The fourth-order valence-electron chi connectivity index (χ4n) is 3.05. The summed E-state index contributed by atoms with van der Waals surface area (Å²) in [7, 11) is 0. The van der Waals surface area contributed by atoms with Gasteiger partial charge in [-0.05, 0) is 51.9 Å². The van der Waals surface area contributed by atoms with Crippen molar-refractivity contribution in [3.63, 3.8) is 0 Å². The fraction of sp³-hybridized carbons (Fsp3) is 0.100. The normalized spacial score (nSPS) is 13.9. The SMILES string of the molecule is C1=C(c2ccc3ccccc3c2)Cc2ccccc2C1. The summed E-state index contributed by atoms with van der Waals surface area (Å²) in [4.78, 5) is 0. The zero-order chi connectivity index (χ0) is 13.4. The molecule has 0 saturated carbocycles. The van der Waals surface area contributed by atoms with Crippen LogP contribution in [-0.4, -0.2) is 0 Å². The molecule has 0 N–H and O–H groups in total. The lowest BCUT2D eigenvalue weighted by atomic mass is 9.87. The van der Waals surface area contributed by atoms with E-state index in [0.717, 1.165) is 12.8 Å². The summed E-state index contributed by atoms with van der Waals surface area (Å²) in [5.74, 6) is 0. The fourth-order valence-corrected chi connectivity index (χ4v) is 3.05. The van der Waals surface area contributed by atoms with Crippen molar-refractivity contribution in [2.75, 3.05) is 0 Å². The highest BCUT2D eigenvalue weighted by atomic mass is 14.2. The molecule has 1 aliphatic rings. The Morgan fingerprint density at radius 1 is 0.650 bits per heavy atom. The molecule has 0 unspecified atom stereocenters. The van der Waals surface area contributed by atoms with Gasteiger partial charge in [-0.25, -0.2) is 0 Å². The van der Waals surface area contributed by atoms with Crippen LogP contribution in [0.5, 0.6) is 0 Å². The lowest BCUT2D eigenvalue weighted by Gasteiger charge is -2.17. The molecular weight excluding hydrogens is 240 g/mol. The first-order valence-electron chi connectivity index (χ1n) is 7.15. The van der Waals surface area contributed by atoms with Gasteiger partial charge in [-0.15, -0.1) is 0 Å². The lowest BCUT2D eigenvalue weighted by molar-refractivity contribution is 1.11. The van der Waals surface area contributed by atoms with Crippen LogP contribution in [0.25, 0.3) is 16.3 Å². The van der Waals surface area contributed by atoms with Crippen LogP contribution in [0, 0.1) is 0 Å². The molecule has 0 radical (unpaired) electrons. The van der Waals surface area contributed by atoms with Crippen molar-refractivity contribution in [1.82, 2.24) is 0 Å². The Morgan fingerprint density at radius 3 is 2.30 bits per heavy atom. The van der Waals surface area contributed by atoms with Gasteiger partial charge in [0, 0.05) is 0 Å². The number of hydrogen-bond acceptors (Lipinski definition) is 0. The van der Waals surface area contributed by atoms with E-state index in [2.05, 4.69) is 72.8 Å². The van der Waals surface area contributed by atoms with E-state index in [9.17, 15) is 0 Å². The molecule has 20 heavy (non-hydrogen) atoms. The van der Waals surface area contributed by atoms with E-state index < -0.39 is 0 Å². The highest BCUT2D eigenvalue weighted by Crippen LogP contribution is 2.29. The molecule has 0 heterocycles. The standard InChI is InChI=1S/C20H16/c1-3-7-17-13-19(11-9-15(17)5-1)20-12-10-16-6-2-4-8-18(16)14-20/h1-9,11-13H,10,14H2. The lowest BCUT2D eigenvalue weighted by Crippen LogP contribution is -2.02. The van der Waals surface area contributed by atoms with Gasteiger partial charge in [0.05, 0.1) is 0 Å². The zero-order valence-electron chi connectivity index (χ0n) is 11.3. The average molecular weight is 256 g/mol. The molecule has 96 valence electrons. The molecule has 0 fully saturated rings. The van der Waals surface area contributed by atoms with Crippen LogP contribution >= 0.6 is 0 Å². The number of benzene rings is 3. The van der Waals surface area contributed by atoms with Crippen molar-refractivity contribution < 1.29 is 0 Å². The smallest absolute Gasteiger partial charge is 0.00200 e. The highest BCUT2D eigenvalue weighted by Gasteiger charge is 2.11. The van der Waals surface area contributed by atoms with Crippen LogP contribution in [0.3, 0.4) is 0 Å². The van der Waals surface area contributed by atoms with Gasteiger partial charge in [0.2, 0.25) is 0 Å². The first kappa shape index (κ1) is 11.5. The van der Waals surface area contributed by atoms with Crippen molar-refractivity contribution in [1.29, 1.82) is 0 Å². The molecule has 0 atom stereocenters. The van der Waals surface area contributed by atoms with Gasteiger partial charge in [0.1, 0.15) is 0 Å². The van der Waals surface area contributed by atoms with Gasteiger partial charge in [-0.3, -0.25) is 0 Å².